The van der Waals surface area contributed by atoms with Crippen molar-refractivity contribution in [1.29, 1.82) is 5.26 Å². The van der Waals surface area contributed by atoms with E-state index < -0.39 is 12.1 Å². The summed E-state index contributed by atoms with van der Waals surface area (Å²) in [4.78, 5) is 11.8. The fourth-order valence-corrected chi connectivity index (χ4v) is 3.48. The molecule has 0 radical (unpaired) electrons. The number of hydrogen-bond acceptors (Lipinski definition) is 7. The Balaban J connectivity index is 1.79. The van der Waals surface area contributed by atoms with Crippen LogP contribution in [-0.4, -0.2) is 45.3 Å². The maximum absolute atomic E-state index is 13.2. The van der Waals surface area contributed by atoms with Crippen molar-refractivity contribution in [3.05, 3.63) is 30.1 Å². The lowest BCUT2D eigenvalue weighted by atomic mass is 10.2. The Morgan fingerprint density at radius 2 is 2.26 bits per heavy atom. The first-order valence-corrected chi connectivity index (χ1v) is 9.58. The number of nitrogens with zero attached hydrogens (tertiary/aromatic N) is 4. The largest absolute Gasteiger partial charge is 0.447 e. The second-order valence-corrected chi connectivity index (χ2v) is 7.05. The van der Waals surface area contributed by atoms with Gasteiger partial charge < -0.3 is 9.47 Å². The van der Waals surface area contributed by atoms with Gasteiger partial charge in [0.1, 0.15) is 11.9 Å². The minimum absolute atomic E-state index is 0.0130. The number of ether oxygens (including phenoxy) is 2. The Hall–Kier alpha value is -2.44. The number of benzene rings is 1. The fraction of sp³-hybridized carbons (Fsp3) is 0.444. The number of carbonyl (C=O) groups is 1. The minimum atomic E-state index is -0.794. The molecular weight excluding hydrogens is 371 g/mol. The Morgan fingerprint density at radius 1 is 1.48 bits per heavy atom. The molecule has 0 saturated carbocycles. The highest BCUT2D eigenvalue weighted by Gasteiger charge is 2.22. The molecule has 7 nitrogen and oxygen atoms in total. The lowest BCUT2D eigenvalue weighted by Crippen LogP contribution is -2.18. The highest BCUT2D eigenvalue weighted by atomic mass is 32.2. The molecule has 1 aliphatic rings. The minimum Gasteiger partial charge on any atom is -0.447 e. The van der Waals surface area contributed by atoms with Gasteiger partial charge in [0.2, 0.25) is 0 Å². The molecule has 1 saturated heterocycles. The van der Waals surface area contributed by atoms with E-state index in [0.29, 0.717) is 17.5 Å². The van der Waals surface area contributed by atoms with Crippen molar-refractivity contribution in [1.82, 2.24) is 14.8 Å². The van der Waals surface area contributed by atoms with Gasteiger partial charge in [0.05, 0.1) is 18.4 Å². The smallest absolute Gasteiger partial charge is 0.317 e. The lowest BCUT2D eigenvalue weighted by molar-refractivity contribution is -0.142. The molecule has 0 N–H and O–H groups in total. The molecule has 2 atom stereocenters. The molecule has 142 valence electrons. The van der Waals surface area contributed by atoms with Crippen LogP contribution in [0.1, 0.15) is 19.8 Å². The van der Waals surface area contributed by atoms with Crippen LogP contribution >= 0.6 is 11.8 Å². The average molecular weight is 390 g/mol. The predicted molar refractivity (Wildman–Crippen MR) is 96.3 cm³/mol. The molecule has 1 aromatic carbocycles. The number of carbonyl (C=O) groups excluding carboxylic acids is 1. The first kappa shape index (κ1) is 19.3. The van der Waals surface area contributed by atoms with Gasteiger partial charge in [-0.05, 0) is 44.0 Å². The van der Waals surface area contributed by atoms with Gasteiger partial charge in [0.25, 0.3) is 0 Å². The Labute approximate surface area is 160 Å². The van der Waals surface area contributed by atoms with E-state index >= 15 is 0 Å². The second kappa shape index (κ2) is 8.97. The highest BCUT2D eigenvalue weighted by molar-refractivity contribution is 7.99. The first-order valence-electron chi connectivity index (χ1n) is 8.59. The molecule has 0 unspecified atom stereocenters. The van der Waals surface area contributed by atoms with Crippen molar-refractivity contribution in [2.75, 3.05) is 12.4 Å². The number of esters is 1. The zero-order valence-corrected chi connectivity index (χ0v) is 15.6. The van der Waals surface area contributed by atoms with Crippen LogP contribution in [0.5, 0.6) is 0 Å². The maximum Gasteiger partial charge on any atom is 0.317 e. The van der Waals surface area contributed by atoms with Crippen LogP contribution in [0.15, 0.2) is 29.4 Å². The van der Waals surface area contributed by atoms with E-state index in [1.165, 1.54) is 30.8 Å². The number of thioether (sulfide) groups is 1. The van der Waals surface area contributed by atoms with Crippen molar-refractivity contribution in [3.63, 3.8) is 0 Å². The summed E-state index contributed by atoms with van der Waals surface area (Å²) in [5, 5.41) is 17.7. The molecule has 3 rings (SSSR count). The van der Waals surface area contributed by atoms with Crippen LogP contribution in [0.3, 0.4) is 0 Å². The molecule has 0 spiro atoms. The van der Waals surface area contributed by atoms with Crippen molar-refractivity contribution in [2.24, 2.45) is 0 Å². The monoisotopic (exact) mass is 390 g/mol. The zero-order chi connectivity index (χ0) is 19.2. The Bertz CT molecular complexity index is 828. The van der Waals surface area contributed by atoms with E-state index in [-0.39, 0.29) is 17.7 Å². The van der Waals surface area contributed by atoms with E-state index in [1.54, 1.807) is 12.1 Å². The zero-order valence-electron chi connectivity index (χ0n) is 14.8. The SMILES string of the molecule is C[C@@H](C#N)OC(=O)CSc1nnc(-c2ccc(F)cc2)n1C[C@H]1CCCO1. The topological polar surface area (TPSA) is 90.0 Å². The van der Waals surface area contributed by atoms with Gasteiger partial charge >= 0.3 is 5.97 Å². The molecule has 2 heterocycles. The van der Waals surface area contributed by atoms with Gasteiger partial charge in [-0.15, -0.1) is 10.2 Å². The van der Waals surface area contributed by atoms with Crippen LogP contribution in [-0.2, 0) is 20.8 Å². The quantitative estimate of drug-likeness (QED) is 0.530. The van der Waals surface area contributed by atoms with Gasteiger partial charge in [-0.25, -0.2) is 4.39 Å². The van der Waals surface area contributed by atoms with E-state index in [9.17, 15) is 9.18 Å². The summed E-state index contributed by atoms with van der Waals surface area (Å²) in [6.07, 6.45) is 1.19. The van der Waals surface area contributed by atoms with Crippen molar-refractivity contribution < 1.29 is 18.7 Å². The van der Waals surface area contributed by atoms with Crippen molar-refractivity contribution >= 4 is 17.7 Å². The molecule has 0 bridgehead atoms. The van der Waals surface area contributed by atoms with Crippen LogP contribution in [0.4, 0.5) is 4.39 Å². The van der Waals surface area contributed by atoms with Crippen molar-refractivity contribution in [3.8, 4) is 17.5 Å². The van der Waals surface area contributed by atoms with Gasteiger partial charge in [-0.1, -0.05) is 11.8 Å². The molecule has 0 amide bonds. The summed E-state index contributed by atoms with van der Waals surface area (Å²) >= 11 is 1.19. The third-order valence-electron chi connectivity index (χ3n) is 4.04. The standard InChI is InChI=1S/C18H19FN4O3S/c1-12(9-20)26-16(24)11-27-18-22-21-17(13-4-6-14(19)7-5-13)23(18)10-15-3-2-8-25-15/h4-7,12,15H,2-3,8,10-11H2,1H3/t12-,15+/m0/s1. The molecule has 1 aromatic heterocycles. The van der Waals surface area contributed by atoms with Gasteiger partial charge in [0, 0.05) is 12.2 Å². The lowest BCUT2D eigenvalue weighted by Gasteiger charge is -2.14. The third-order valence-corrected chi connectivity index (χ3v) is 4.98. The van der Waals surface area contributed by atoms with Crippen LogP contribution < -0.4 is 0 Å². The number of aromatic nitrogens is 3. The number of rotatable bonds is 7. The van der Waals surface area contributed by atoms with Crippen LogP contribution in [0.25, 0.3) is 11.4 Å². The normalized spacial score (nSPS) is 17.4. The molecule has 9 heteroatoms. The van der Waals surface area contributed by atoms with Crippen LogP contribution in [0, 0.1) is 17.1 Å². The summed E-state index contributed by atoms with van der Waals surface area (Å²) in [5.41, 5.74) is 0.731. The molecule has 0 aliphatic carbocycles. The predicted octanol–water partition coefficient (Wildman–Crippen LogP) is 2.81. The van der Waals surface area contributed by atoms with Gasteiger partial charge in [-0.2, -0.15) is 5.26 Å². The van der Waals surface area contributed by atoms with Crippen molar-refractivity contribution in [2.45, 2.75) is 43.7 Å². The third kappa shape index (κ3) is 5.05. The number of nitriles is 1. The number of halogens is 1. The van der Waals surface area contributed by atoms with E-state index in [0.717, 1.165) is 25.0 Å². The summed E-state index contributed by atoms with van der Waals surface area (Å²) in [5.74, 6) is -0.220. The van der Waals surface area contributed by atoms with Gasteiger partial charge in [-0.3, -0.25) is 9.36 Å². The summed E-state index contributed by atoms with van der Waals surface area (Å²) in [7, 11) is 0. The second-order valence-electron chi connectivity index (χ2n) is 6.11. The fourth-order valence-electron chi connectivity index (χ4n) is 2.75. The first-order chi connectivity index (χ1) is 13.1. The van der Waals surface area contributed by atoms with E-state index in [4.69, 9.17) is 14.7 Å². The summed E-state index contributed by atoms with van der Waals surface area (Å²) in [6, 6.07) is 7.87. The number of hydrogen-bond donors (Lipinski definition) is 0. The Kier molecular flexibility index (Phi) is 6.42. The van der Waals surface area contributed by atoms with E-state index in [1.807, 2.05) is 10.6 Å². The molecule has 2 aromatic rings. The summed E-state index contributed by atoms with van der Waals surface area (Å²) < 4.78 is 25.8. The molecular formula is C18H19FN4O3S. The molecule has 27 heavy (non-hydrogen) atoms. The molecule has 1 aliphatic heterocycles. The molecule has 1 fully saturated rings. The van der Waals surface area contributed by atoms with E-state index in [2.05, 4.69) is 10.2 Å². The summed E-state index contributed by atoms with van der Waals surface area (Å²) in [6.45, 7) is 2.78. The maximum atomic E-state index is 13.2. The average Bonchev–Trinajstić information content (AvgIpc) is 3.31. The van der Waals surface area contributed by atoms with Crippen LogP contribution in [0.2, 0.25) is 0 Å². The van der Waals surface area contributed by atoms with Gasteiger partial charge in [0.15, 0.2) is 17.1 Å². The highest BCUT2D eigenvalue weighted by Crippen LogP contribution is 2.26. The Morgan fingerprint density at radius 3 is 2.93 bits per heavy atom.